The van der Waals surface area contributed by atoms with Gasteiger partial charge in [-0.15, -0.1) is 0 Å². The molecule has 0 radical (unpaired) electrons. The molecule has 0 aliphatic heterocycles. The molecule has 2 unspecified atom stereocenters. The fourth-order valence-corrected chi connectivity index (χ4v) is 4.84. The predicted molar refractivity (Wildman–Crippen MR) is 110 cm³/mol. The minimum atomic E-state index is -0.849. The molecule has 3 rings (SSSR count). The van der Waals surface area contributed by atoms with Crippen LogP contribution in [0.5, 0.6) is 0 Å². The van der Waals surface area contributed by atoms with Crippen molar-refractivity contribution in [3.05, 3.63) is 34.9 Å². The van der Waals surface area contributed by atoms with E-state index in [9.17, 15) is 9.90 Å². The summed E-state index contributed by atoms with van der Waals surface area (Å²) < 4.78 is 0. The quantitative estimate of drug-likeness (QED) is 0.741. The molecule has 0 spiro atoms. The lowest BCUT2D eigenvalue weighted by atomic mass is 9.71. The van der Waals surface area contributed by atoms with E-state index >= 15 is 0 Å². The first-order valence-electron chi connectivity index (χ1n) is 10.6. The van der Waals surface area contributed by atoms with Crippen LogP contribution < -0.4 is 11.1 Å². The second-order valence-corrected chi connectivity index (χ2v) is 9.38. The van der Waals surface area contributed by atoms with Gasteiger partial charge in [0.15, 0.2) is 0 Å². The number of amides is 1. The fourth-order valence-electron chi connectivity index (χ4n) is 4.84. The average molecular weight is 373 g/mol. The molecule has 2 aliphatic rings. The lowest BCUT2D eigenvalue weighted by Gasteiger charge is -2.39. The highest BCUT2D eigenvalue weighted by Gasteiger charge is 2.36. The number of aliphatic hydroxyl groups is 1. The molecule has 4 N–H and O–H groups in total. The fraction of sp³-hybridized carbons (Fsp3) is 0.696. The number of fused-ring (bicyclic) bond motifs is 1. The van der Waals surface area contributed by atoms with Gasteiger partial charge in [-0.1, -0.05) is 19.9 Å². The first-order chi connectivity index (χ1) is 12.8. The molecule has 1 fully saturated rings. The van der Waals surface area contributed by atoms with Crippen molar-refractivity contribution in [2.45, 2.75) is 77.4 Å². The summed E-state index contributed by atoms with van der Waals surface area (Å²) in [5.41, 5.74) is 8.37. The number of carbonyl (C=O) groups excluding carboxylic acids is 1. The average Bonchev–Trinajstić information content (AvgIpc) is 2.65. The molecule has 1 amide bonds. The van der Waals surface area contributed by atoms with Crippen LogP contribution in [0.1, 0.15) is 74.4 Å². The lowest BCUT2D eigenvalue weighted by Crippen LogP contribution is -2.47. The zero-order chi connectivity index (χ0) is 19.6. The Morgan fingerprint density at radius 2 is 1.93 bits per heavy atom. The van der Waals surface area contributed by atoms with Gasteiger partial charge < -0.3 is 16.2 Å². The van der Waals surface area contributed by atoms with Gasteiger partial charge in [0.1, 0.15) is 0 Å². The standard InChI is InChI=1S/C23H36N2O2/c1-15(2)16-6-9-20(10-7-16)23(3,27)14-25-22(26)19-5-4-18-13-21(24)11-8-17(18)12-19/h4-5,12,15-16,20-21,27H,6-11,13-14,24H2,1-3H3,(H,25,26). The van der Waals surface area contributed by atoms with Crippen molar-refractivity contribution in [3.8, 4) is 0 Å². The van der Waals surface area contributed by atoms with E-state index in [2.05, 4.69) is 19.2 Å². The van der Waals surface area contributed by atoms with Gasteiger partial charge in [0.05, 0.1) is 5.60 Å². The van der Waals surface area contributed by atoms with Gasteiger partial charge >= 0.3 is 0 Å². The number of carbonyl (C=O) groups is 1. The highest BCUT2D eigenvalue weighted by molar-refractivity contribution is 5.94. The van der Waals surface area contributed by atoms with Crippen LogP contribution in [-0.4, -0.2) is 29.2 Å². The van der Waals surface area contributed by atoms with Gasteiger partial charge in [-0.05, 0) is 92.9 Å². The van der Waals surface area contributed by atoms with Crippen molar-refractivity contribution >= 4 is 5.91 Å². The molecule has 1 aromatic carbocycles. The topological polar surface area (TPSA) is 75.3 Å². The van der Waals surface area contributed by atoms with Crippen LogP contribution >= 0.6 is 0 Å². The van der Waals surface area contributed by atoms with E-state index in [0.29, 0.717) is 18.0 Å². The minimum absolute atomic E-state index is 0.0937. The van der Waals surface area contributed by atoms with E-state index in [1.807, 2.05) is 25.1 Å². The maximum atomic E-state index is 12.6. The third-order valence-corrected chi connectivity index (χ3v) is 6.94. The van der Waals surface area contributed by atoms with Crippen LogP contribution in [0.3, 0.4) is 0 Å². The van der Waals surface area contributed by atoms with Crippen LogP contribution in [0.4, 0.5) is 0 Å². The molecule has 2 atom stereocenters. The maximum Gasteiger partial charge on any atom is 0.251 e. The minimum Gasteiger partial charge on any atom is -0.388 e. The summed E-state index contributed by atoms with van der Waals surface area (Å²) in [6.45, 7) is 6.76. The highest BCUT2D eigenvalue weighted by Crippen LogP contribution is 2.38. The monoisotopic (exact) mass is 372 g/mol. The Morgan fingerprint density at radius 3 is 2.59 bits per heavy atom. The van der Waals surface area contributed by atoms with Crippen molar-refractivity contribution < 1.29 is 9.90 Å². The molecule has 2 aliphatic carbocycles. The molecule has 0 aromatic heterocycles. The lowest BCUT2D eigenvalue weighted by molar-refractivity contribution is -0.0228. The molecular formula is C23H36N2O2. The van der Waals surface area contributed by atoms with Crippen LogP contribution in [0.2, 0.25) is 0 Å². The summed E-state index contributed by atoms with van der Waals surface area (Å²) >= 11 is 0. The largest absolute Gasteiger partial charge is 0.388 e. The molecule has 1 saturated carbocycles. The van der Waals surface area contributed by atoms with Crippen LogP contribution in [0, 0.1) is 17.8 Å². The number of aryl methyl sites for hydroxylation is 1. The predicted octanol–water partition coefficient (Wildman–Crippen LogP) is 3.45. The Balaban J connectivity index is 1.55. The first kappa shape index (κ1) is 20.3. The maximum absolute atomic E-state index is 12.6. The third-order valence-electron chi connectivity index (χ3n) is 6.94. The van der Waals surface area contributed by atoms with Crippen molar-refractivity contribution in [2.75, 3.05) is 6.54 Å². The van der Waals surface area contributed by atoms with Crippen LogP contribution in [0.25, 0.3) is 0 Å². The second kappa shape index (κ2) is 8.32. The number of nitrogens with two attached hydrogens (primary N) is 1. The molecule has 4 heteroatoms. The van der Waals surface area contributed by atoms with Gasteiger partial charge in [-0.3, -0.25) is 4.79 Å². The van der Waals surface area contributed by atoms with E-state index in [0.717, 1.165) is 38.0 Å². The number of hydrogen-bond donors (Lipinski definition) is 3. The zero-order valence-corrected chi connectivity index (χ0v) is 17.1. The Bertz CT molecular complexity index is 660. The molecule has 0 saturated heterocycles. The van der Waals surface area contributed by atoms with Gasteiger partial charge in [0, 0.05) is 18.2 Å². The second-order valence-electron chi connectivity index (χ2n) is 9.38. The van der Waals surface area contributed by atoms with Crippen LogP contribution in [0.15, 0.2) is 18.2 Å². The van der Waals surface area contributed by atoms with Gasteiger partial charge in [0.25, 0.3) is 5.91 Å². The van der Waals surface area contributed by atoms with E-state index in [1.165, 1.54) is 24.0 Å². The van der Waals surface area contributed by atoms with E-state index < -0.39 is 5.60 Å². The van der Waals surface area contributed by atoms with E-state index in [1.54, 1.807) is 0 Å². The molecule has 27 heavy (non-hydrogen) atoms. The zero-order valence-electron chi connectivity index (χ0n) is 17.1. The SMILES string of the molecule is CC(C)C1CCC(C(C)(O)CNC(=O)c2ccc3c(c2)CCC(N)C3)CC1. The number of rotatable bonds is 5. The van der Waals surface area contributed by atoms with Crippen molar-refractivity contribution in [1.29, 1.82) is 0 Å². The van der Waals surface area contributed by atoms with Crippen LogP contribution in [-0.2, 0) is 12.8 Å². The summed E-state index contributed by atoms with van der Waals surface area (Å²) in [6, 6.07) is 6.15. The molecule has 1 aromatic rings. The normalized spacial score (nSPS) is 27.7. The van der Waals surface area contributed by atoms with Gasteiger partial charge in [0.2, 0.25) is 0 Å². The summed E-state index contributed by atoms with van der Waals surface area (Å²) in [5, 5.41) is 13.9. The molecule has 150 valence electrons. The van der Waals surface area contributed by atoms with Crippen molar-refractivity contribution in [1.82, 2.24) is 5.32 Å². The highest BCUT2D eigenvalue weighted by atomic mass is 16.3. The summed E-state index contributed by atoms with van der Waals surface area (Å²) in [7, 11) is 0. The van der Waals surface area contributed by atoms with Crippen molar-refractivity contribution in [2.24, 2.45) is 23.5 Å². The molecule has 4 nitrogen and oxygen atoms in total. The Hall–Kier alpha value is -1.39. The summed E-state index contributed by atoms with van der Waals surface area (Å²) in [4.78, 5) is 12.6. The Kier molecular flexibility index (Phi) is 6.27. The molecular weight excluding hydrogens is 336 g/mol. The smallest absolute Gasteiger partial charge is 0.251 e. The first-order valence-corrected chi connectivity index (χ1v) is 10.6. The molecule has 0 heterocycles. The van der Waals surface area contributed by atoms with Gasteiger partial charge in [-0.25, -0.2) is 0 Å². The Labute approximate surface area is 163 Å². The summed E-state index contributed by atoms with van der Waals surface area (Å²) in [6.07, 6.45) is 7.26. The third kappa shape index (κ3) is 4.91. The van der Waals surface area contributed by atoms with E-state index in [4.69, 9.17) is 5.73 Å². The van der Waals surface area contributed by atoms with Crippen molar-refractivity contribution in [3.63, 3.8) is 0 Å². The Morgan fingerprint density at radius 1 is 1.22 bits per heavy atom. The number of nitrogens with one attached hydrogen (secondary N) is 1. The number of hydrogen-bond acceptors (Lipinski definition) is 3. The van der Waals surface area contributed by atoms with E-state index in [-0.39, 0.29) is 17.9 Å². The van der Waals surface area contributed by atoms with Gasteiger partial charge in [-0.2, -0.15) is 0 Å². The summed E-state index contributed by atoms with van der Waals surface area (Å²) in [5.74, 6) is 1.66. The number of benzene rings is 1. The molecule has 0 bridgehead atoms.